The molecule has 0 aliphatic rings. The number of nitrogens with zero attached hydrogens (tertiary/aromatic N) is 2. The van der Waals surface area contributed by atoms with Crippen molar-refractivity contribution >= 4 is 33.6 Å². The Hall–Kier alpha value is -5.03. The fraction of sp³-hybridized carbons (Fsp3) is 0.0714. The van der Waals surface area contributed by atoms with E-state index in [4.69, 9.17) is 9.47 Å². The Morgan fingerprint density at radius 2 is 1.00 bits per heavy atom. The lowest BCUT2D eigenvalue weighted by molar-refractivity contribution is 0.373. The second-order valence-electron chi connectivity index (χ2n) is 8.18. The number of hydrogen-bond acceptors (Lipinski definition) is 10. The van der Waals surface area contributed by atoms with Gasteiger partial charge in [0.05, 0.1) is 24.0 Å². The van der Waals surface area contributed by atoms with E-state index in [-0.39, 0.29) is 55.7 Å². The Bertz CT molecular complexity index is 1580. The molecule has 4 aromatic rings. The minimum absolute atomic E-state index is 0.0114. The van der Waals surface area contributed by atoms with E-state index < -0.39 is 9.84 Å². The molecule has 10 nitrogen and oxygen atoms in total. The first kappa shape index (κ1) is 27.0. The first-order chi connectivity index (χ1) is 18.6. The minimum Gasteiger partial charge on any atom is -0.506 e. The Labute approximate surface area is 224 Å². The molecule has 0 atom stereocenters. The number of aromatic hydroxyl groups is 4. The van der Waals surface area contributed by atoms with Gasteiger partial charge in [-0.15, -0.1) is 0 Å². The van der Waals surface area contributed by atoms with E-state index in [2.05, 4.69) is 9.98 Å². The number of methoxy groups -OCH3 is 2. The lowest BCUT2D eigenvalue weighted by Crippen LogP contribution is -2.01. The first-order valence-corrected chi connectivity index (χ1v) is 12.8. The third kappa shape index (κ3) is 5.94. The average molecular weight is 549 g/mol. The van der Waals surface area contributed by atoms with Crippen LogP contribution in [-0.4, -0.2) is 55.5 Å². The highest BCUT2D eigenvalue weighted by Crippen LogP contribution is 2.35. The molecule has 11 heteroatoms. The molecule has 0 heterocycles. The summed E-state index contributed by atoms with van der Waals surface area (Å²) in [5.41, 5.74) is 0.963. The molecule has 0 unspecified atom stereocenters. The fourth-order valence-corrected chi connectivity index (χ4v) is 4.85. The third-order valence-electron chi connectivity index (χ3n) is 5.63. The summed E-state index contributed by atoms with van der Waals surface area (Å²) in [6, 6.07) is 16.5. The van der Waals surface area contributed by atoms with Crippen LogP contribution < -0.4 is 9.47 Å². The zero-order chi connectivity index (χ0) is 28.2. The van der Waals surface area contributed by atoms with Gasteiger partial charge in [0.25, 0.3) is 0 Å². The number of sulfone groups is 1. The van der Waals surface area contributed by atoms with E-state index in [1.807, 2.05) is 0 Å². The number of phenolic OH excluding ortho intramolecular Hbond substituents is 4. The summed E-state index contributed by atoms with van der Waals surface area (Å²) in [6.45, 7) is 0. The summed E-state index contributed by atoms with van der Waals surface area (Å²) in [4.78, 5) is 8.05. The van der Waals surface area contributed by atoms with Crippen LogP contribution in [0.2, 0.25) is 0 Å². The Morgan fingerprint density at radius 1 is 0.590 bits per heavy atom. The molecule has 0 fully saturated rings. The second-order valence-corrected chi connectivity index (χ2v) is 10.1. The minimum atomic E-state index is -4.10. The van der Waals surface area contributed by atoms with Crippen LogP contribution in [0.3, 0.4) is 0 Å². The maximum atomic E-state index is 13.4. The lowest BCUT2D eigenvalue weighted by Gasteiger charge is -2.09. The summed E-state index contributed by atoms with van der Waals surface area (Å²) in [5.74, 6) is -0.137. The van der Waals surface area contributed by atoms with Crippen LogP contribution in [0.15, 0.2) is 92.6 Å². The highest BCUT2D eigenvalue weighted by atomic mass is 32.2. The number of benzene rings is 4. The largest absolute Gasteiger partial charge is 0.506 e. The van der Waals surface area contributed by atoms with E-state index in [0.29, 0.717) is 11.1 Å². The summed E-state index contributed by atoms with van der Waals surface area (Å²) >= 11 is 0. The van der Waals surface area contributed by atoms with Crippen LogP contribution in [0, 0.1) is 0 Å². The van der Waals surface area contributed by atoms with Crippen molar-refractivity contribution in [3.05, 3.63) is 83.9 Å². The second kappa shape index (κ2) is 11.2. The first-order valence-electron chi connectivity index (χ1n) is 11.4. The van der Waals surface area contributed by atoms with Crippen molar-refractivity contribution in [3.8, 4) is 34.5 Å². The summed E-state index contributed by atoms with van der Waals surface area (Å²) < 4.78 is 36.8. The van der Waals surface area contributed by atoms with E-state index in [1.165, 1.54) is 75.2 Å². The van der Waals surface area contributed by atoms with Gasteiger partial charge in [-0.25, -0.2) is 8.42 Å². The molecule has 200 valence electrons. The fourth-order valence-electron chi connectivity index (χ4n) is 3.55. The van der Waals surface area contributed by atoms with Crippen LogP contribution in [0.1, 0.15) is 11.1 Å². The number of rotatable bonds is 8. The van der Waals surface area contributed by atoms with Crippen molar-refractivity contribution in [2.45, 2.75) is 9.79 Å². The third-order valence-corrected chi connectivity index (χ3v) is 7.37. The van der Waals surface area contributed by atoms with Crippen molar-refractivity contribution in [3.63, 3.8) is 0 Å². The molecule has 0 saturated carbocycles. The molecule has 0 amide bonds. The van der Waals surface area contributed by atoms with Crippen molar-refractivity contribution < 1.29 is 38.3 Å². The Balaban J connectivity index is 1.64. The van der Waals surface area contributed by atoms with Gasteiger partial charge in [0.2, 0.25) is 9.84 Å². The number of ether oxygens (including phenoxy) is 2. The molecule has 39 heavy (non-hydrogen) atoms. The predicted molar refractivity (Wildman–Crippen MR) is 145 cm³/mol. The highest BCUT2D eigenvalue weighted by Gasteiger charge is 2.20. The van der Waals surface area contributed by atoms with Gasteiger partial charge < -0.3 is 29.9 Å². The SMILES string of the molecule is COc1ccc(C=Nc2cc(S(=O)(=O)c3ccc(O)c(N=Cc4ccc(OC)c(O)c4)c3)ccc2O)cc1O. The van der Waals surface area contributed by atoms with Gasteiger partial charge in [-0.05, 0) is 83.9 Å². The molecular formula is C28H24N2O8S. The van der Waals surface area contributed by atoms with Crippen LogP contribution >= 0.6 is 0 Å². The molecule has 0 aliphatic heterocycles. The topological polar surface area (TPSA) is 158 Å². The molecule has 0 aromatic heterocycles. The number of aliphatic imine (C=N–C) groups is 2. The summed E-state index contributed by atoms with van der Waals surface area (Å²) in [5, 5.41) is 40.4. The molecule has 0 spiro atoms. The molecule has 4 aromatic carbocycles. The van der Waals surface area contributed by atoms with Gasteiger partial charge >= 0.3 is 0 Å². The molecule has 0 radical (unpaired) electrons. The van der Waals surface area contributed by atoms with Crippen LogP contribution in [0.25, 0.3) is 0 Å². The quantitative estimate of drug-likeness (QED) is 0.227. The Morgan fingerprint density at radius 3 is 1.36 bits per heavy atom. The normalized spacial score (nSPS) is 11.7. The monoisotopic (exact) mass is 548 g/mol. The molecule has 0 bridgehead atoms. The zero-order valence-electron chi connectivity index (χ0n) is 20.8. The average Bonchev–Trinajstić information content (AvgIpc) is 2.92. The highest BCUT2D eigenvalue weighted by molar-refractivity contribution is 7.91. The molecule has 4 N–H and O–H groups in total. The van der Waals surface area contributed by atoms with E-state index in [9.17, 15) is 28.8 Å². The molecule has 0 saturated heterocycles. The van der Waals surface area contributed by atoms with Crippen molar-refractivity contribution in [2.75, 3.05) is 14.2 Å². The summed E-state index contributed by atoms with van der Waals surface area (Å²) in [6.07, 6.45) is 2.71. The van der Waals surface area contributed by atoms with Crippen LogP contribution in [0.4, 0.5) is 11.4 Å². The zero-order valence-corrected chi connectivity index (χ0v) is 21.6. The van der Waals surface area contributed by atoms with E-state index >= 15 is 0 Å². The smallest absolute Gasteiger partial charge is 0.206 e. The standard InChI is InChI=1S/C28H24N2O8S/c1-37-27-9-3-17(11-25(27)33)15-29-21-13-19(5-7-23(21)31)39(35,36)20-6-8-24(32)22(14-20)30-16-18-4-10-28(38-2)26(34)12-18/h3-16,31-34H,1-2H3. The maximum absolute atomic E-state index is 13.4. The number of phenols is 4. The van der Waals surface area contributed by atoms with Gasteiger partial charge in [-0.2, -0.15) is 0 Å². The Kier molecular flexibility index (Phi) is 7.73. The van der Waals surface area contributed by atoms with Gasteiger partial charge in [-0.1, -0.05) is 0 Å². The van der Waals surface area contributed by atoms with Gasteiger partial charge in [0.1, 0.15) is 22.9 Å². The number of hydrogen-bond donors (Lipinski definition) is 4. The van der Waals surface area contributed by atoms with E-state index in [1.54, 1.807) is 24.3 Å². The molecule has 0 aliphatic carbocycles. The maximum Gasteiger partial charge on any atom is 0.206 e. The van der Waals surface area contributed by atoms with Gasteiger partial charge in [0, 0.05) is 12.4 Å². The summed E-state index contributed by atoms with van der Waals surface area (Å²) in [7, 11) is -1.26. The van der Waals surface area contributed by atoms with E-state index in [0.717, 1.165) is 0 Å². The van der Waals surface area contributed by atoms with Crippen LogP contribution in [-0.2, 0) is 9.84 Å². The van der Waals surface area contributed by atoms with Crippen molar-refractivity contribution in [2.24, 2.45) is 9.98 Å². The van der Waals surface area contributed by atoms with Crippen molar-refractivity contribution in [1.29, 1.82) is 0 Å². The van der Waals surface area contributed by atoms with Crippen molar-refractivity contribution in [1.82, 2.24) is 0 Å². The molecule has 4 rings (SSSR count). The predicted octanol–water partition coefficient (Wildman–Crippen LogP) is 4.86. The van der Waals surface area contributed by atoms with Gasteiger partial charge in [-0.3, -0.25) is 9.98 Å². The molecular weight excluding hydrogens is 524 g/mol. The van der Waals surface area contributed by atoms with Gasteiger partial charge in [0.15, 0.2) is 23.0 Å². The lowest BCUT2D eigenvalue weighted by atomic mass is 10.2. The van der Waals surface area contributed by atoms with Crippen LogP contribution in [0.5, 0.6) is 34.5 Å².